The highest BCUT2D eigenvalue weighted by atomic mass is 16.6. The maximum atomic E-state index is 11.7. The summed E-state index contributed by atoms with van der Waals surface area (Å²) in [6, 6.07) is 0. The fraction of sp³-hybridized carbons (Fsp3) is 0.879. The van der Waals surface area contributed by atoms with Crippen LogP contribution >= 0.6 is 0 Å². The molecule has 0 bridgehead atoms. The van der Waals surface area contributed by atoms with Crippen LogP contribution < -0.4 is 5.73 Å². The largest absolute Gasteiger partial charge is 0.460 e. The highest BCUT2D eigenvalue weighted by Crippen LogP contribution is 2.10. The Balaban J connectivity index is -0.000000237. The molecule has 0 fully saturated rings. The van der Waals surface area contributed by atoms with Crippen molar-refractivity contribution in [2.75, 3.05) is 46.8 Å². The molecule has 0 rings (SSSR count). The molecule has 250 valence electrons. The second kappa shape index (κ2) is 28.8. The number of ether oxygens (including phenoxy) is 5. The molecule has 0 spiro atoms. The standard InChI is InChI=1S/C19H35NO6.C5H12O.C5H12.2C2H6/c1-16(2)7-11-24-14-19(20,13-23-10-6-9-21)15-25-12-8-17(22)26-18(3,4)5;1-5(2,3)6-4;1-5(2,3)4;2*1-2/h9H,1,6-8,10-15,20H2,2-5H3;1-4H3;1-4H3;2*1-2H3. The maximum absolute atomic E-state index is 11.7. The fourth-order valence-corrected chi connectivity index (χ4v) is 1.88. The quantitative estimate of drug-likeness (QED) is 0.0897. The number of aldehydes is 1. The topological polar surface area (TPSA) is 106 Å². The Morgan fingerprint density at radius 2 is 1.07 bits per heavy atom. The molecule has 0 aliphatic heterocycles. The van der Waals surface area contributed by atoms with Gasteiger partial charge in [0.2, 0.25) is 0 Å². The van der Waals surface area contributed by atoms with Gasteiger partial charge in [-0.1, -0.05) is 61.0 Å². The predicted octanol–water partition coefficient (Wildman–Crippen LogP) is 7.56. The van der Waals surface area contributed by atoms with Gasteiger partial charge in [0, 0.05) is 13.5 Å². The molecule has 0 aromatic heterocycles. The molecule has 0 aliphatic carbocycles. The number of methoxy groups -OCH3 is 1. The van der Waals surface area contributed by atoms with Crippen LogP contribution in [-0.4, -0.2) is 75.7 Å². The Bertz CT molecular complexity index is 596. The Hall–Kier alpha value is -1.32. The van der Waals surface area contributed by atoms with E-state index in [0.29, 0.717) is 25.0 Å². The summed E-state index contributed by atoms with van der Waals surface area (Å²) in [6.45, 7) is 35.6. The SMILES string of the molecule is C=C(C)CCOCC(N)(COCCC=O)COCCC(=O)OC(C)(C)C.CC.CC.CC(C)(C)C.COC(C)(C)C. The van der Waals surface area contributed by atoms with Crippen LogP contribution in [-0.2, 0) is 33.3 Å². The van der Waals surface area contributed by atoms with Crippen LogP contribution in [0.5, 0.6) is 0 Å². The van der Waals surface area contributed by atoms with Crippen molar-refractivity contribution in [2.24, 2.45) is 11.1 Å². The lowest BCUT2D eigenvalue weighted by atomic mass is 10.0. The number of carbonyl (C=O) groups is 2. The van der Waals surface area contributed by atoms with Gasteiger partial charge in [-0.05, 0) is 60.3 Å². The lowest BCUT2D eigenvalue weighted by molar-refractivity contribution is -0.156. The van der Waals surface area contributed by atoms with Crippen LogP contribution in [0.3, 0.4) is 0 Å². The molecule has 2 N–H and O–H groups in total. The molecule has 0 heterocycles. The van der Waals surface area contributed by atoms with Gasteiger partial charge in [0.1, 0.15) is 11.9 Å². The first kappa shape index (κ1) is 49.4. The first-order chi connectivity index (χ1) is 18.6. The van der Waals surface area contributed by atoms with Crippen molar-refractivity contribution < 1.29 is 33.3 Å². The van der Waals surface area contributed by atoms with E-state index in [1.165, 1.54) is 0 Å². The summed E-state index contributed by atoms with van der Waals surface area (Å²) in [5.74, 6) is -0.319. The number of hydrogen-bond acceptors (Lipinski definition) is 8. The van der Waals surface area contributed by atoms with E-state index in [1.54, 1.807) is 7.11 Å². The van der Waals surface area contributed by atoms with Crippen molar-refractivity contribution >= 4 is 12.3 Å². The van der Waals surface area contributed by atoms with Crippen LogP contribution in [0.15, 0.2) is 12.2 Å². The summed E-state index contributed by atoms with van der Waals surface area (Å²) in [6.07, 6.45) is 2.00. The third kappa shape index (κ3) is 59.1. The van der Waals surface area contributed by atoms with E-state index >= 15 is 0 Å². The van der Waals surface area contributed by atoms with Crippen LogP contribution in [0.2, 0.25) is 0 Å². The van der Waals surface area contributed by atoms with Crippen LogP contribution in [0, 0.1) is 5.41 Å². The van der Waals surface area contributed by atoms with Crippen LogP contribution in [0.1, 0.15) is 123 Å². The lowest BCUT2D eigenvalue weighted by Gasteiger charge is -2.29. The van der Waals surface area contributed by atoms with Crippen molar-refractivity contribution in [1.82, 2.24) is 0 Å². The highest BCUT2D eigenvalue weighted by Gasteiger charge is 2.27. The fourth-order valence-electron chi connectivity index (χ4n) is 1.88. The average Bonchev–Trinajstić information content (AvgIpc) is 2.83. The normalized spacial score (nSPS) is 12.3. The second-order valence-electron chi connectivity index (χ2n) is 12.8. The van der Waals surface area contributed by atoms with E-state index in [0.717, 1.165) is 18.3 Å². The molecule has 0 aromatic rings. The van der Waals surface area contributed by atoms with E-state index in [4.69, 9.17) is 29.4 Å². The van der Waals surface area contributed by atoms with E-state index in [2.05, 4.69) is 34.3 Å². The van der Waals surface area contributed by atoms with Crippen LogP contribution in [0.25, 0.3) is 0 Å². The van der Waals surface area contributed by atoms with Gasteiger partial charge in [0.15, 0.2) is 0 Å². The third-order valence-corrected chi connectivity index (χ3v) is 3.70. The molecule has 1 atom stereocenters. The molecule has 8 heteroatoms. The summed E-state index contributed by atoms with van der Waals surface area (Å²) < 4.78 is 26.7. The summed E-state index contributed by atoms with van der Waals surface area (Å²) in [5.41, 5.74) is 6.52. The summed E-state index contributed by atoms with van der Waals surface area (Å²) in [7, 11) is 1.71. The zero-order valence-electron chi connectivity index (χ0n) is 30.1. The monoisotopic (exact) mass is 594 g/mol. The van der Waals surface area contributed by atoms with Crippen molar-refractivity contribution in [2.45, 2.75) is 140 Å². The Morgan fingerprint density at radius 1 is 0.732 bits per heavy atom. The zero-order chi connectivity index (χ0) is 33.8. The number of esters is 1. The van der Waals surface area contributed by atoms with Gasteiger partial charge in [-0.3, -0.25) is 4.79 Å². The van der Waals surface area contributed by atoms with E-state index in [9.17, 15) is 9.59 Å². The Labute approximate surface area is 255 Å². The van der Waals surface area contributed by atoms with Gasteiger partial charge in [-0.2, -0.15) is 0 Å². The molecular weight excluding hydrogens is 522 g/mol. The van der Waals surface area contributed by atoms with Crippen molar-refractivity contribution in [1.29, 1.82) is 0 Å². The Morgan fingerprint density at radius 3 is 1.37 bits per heavy atom. The zero-order valence-corrected chi connectivity index (χ0v) is 30.1. The third-order valence-electron chi connectivity index (χ3n) is 3.70. The first-order valence-corrected chi connectivity index (χ1v) is 15.0. The molecular formula is C33H71NO7. The lowest BCUT2D eigenvalue weighted by Crippen LogP contribution is -2.53. The number of rotatable bonds is 15. The molecule has 1 unspecified atom stereocenters. The second-order valence-corrected chi connectivity index (χ2v) is 12.8. The van der Waals surface area contributed by atoms with Gasteiger partial charge in [0.25, 0.3) is 0 Å². The molecule has 0 aliphatic rings. The summed E-state index contributed by atoms with van der Waals surface area (Å²) >= 11 is 0. The molecule has 0 saturated carbocycles. The van der Waals surface area contributed by atoms with Gasteiger partial charge in [-0.15, -0.1) is 6.58 Å². The highest BCUT2D eigenvalue weighted by molar-refractivity contribution is 5.69. The van der Waals surface area contributed by atoms with E-state index in [-0.39, 0.29) is 44.4 Å². The minimum absolute atomic E-state index is 0.0417. The molecule has 0 radical (unpaired) electrons. The average molecular weight is 594 g/mol. The molecule has 41 heavy (non-hydrogen) atoms. The Kier molecular flexibility index (Phi) is 34.7. The van der Waals surface area contributed by atoms with Gasteiger partial charge in [-0.25, -0.2) is 0 Å². The molecule has 8 nitrogen and oxygen atoms in total. The predicted molar refractivity (Wildman–Crippen MR) is 175 cm³/mol. The molecule has 0 aromatic carbocycles. The van der Waals surface area contributed by atoms with E-state index < -0.39 is 11.1 Å². The number of hydrogen-bond donors (Lipinski definition) is 1. The first-order valence-electron chi connectivity index (χ1n) is 15.0. The minimum atomic E-state index is -0.855. The van der Waals surface area contributed by atoms with Crippen molar-refractivity contribution in [3.8, 4) is 0 Å². The number of nitrogens with two attached hydrogens (primary N) is 1. The van der Waals surface area contributed by atoms with Crippen molar-refractivity contribution in [3.63, 3.8) is 0 Å². The van der Waals surface area contributed by atoms with E-state index in [1.807, 2.05) is 76.2 Å². The minimum Gasteiger partial charge on any atom is -0.460 e. The molecule has 0 amide bonds. The summed E-state index contributed by atoms with van der Waals surface area (Å²) in [4.78, 5) is 22.0. The number of carbonyl (C=O) groups excluding carboxylic acids is 2. The van der Waals surface area contributed by atoms with Crippen LogP contribution in [0.4, 0.5) is 0 Å². The van der Waals surface area contributed by atoms with Gasteiger partial charge < -0.3 is 34.2 Å². The summed E-state index contributed by atoms with van der Waals surface area (Å²) in [5, 5.41) is 0. The van der Waals surface area contributed by atoms with Gasteiger partial charge in [0.05, 0.1) is 57.2 Å². The molecule has 0 saturated heterocycles. The maximum Gasteiger partial charge on any atom is 0.308 e. The van der Waals surface area contributed by atoms with Gasteiger partial charge >= 0.3 is 5.97 Å². The van der Waals surface area contributed by atoms with Crippen molar-refractivity contribution in [3.05, 3.63) is 12.2 Å². The smallest absolute Gasteiger partial charge is 0.308 e.